The largest absolute Gasteiger partial charge is 0.359 e. The Hall–Kier alpha value is -0.820. The molecule has 1 aromatic rings. The molecule has 1 atom stereocenters. The number of hydrogen-bond donors (Lipinski definition) is 1. The van der Waals surface area contributed by atoms with E-state index in [0.29, 0.717) is 31.0 Å². The average molecular weight is 351 g/mol. The maximum atomic E-state index is 12.5. The van der Waals surface area contributed by atoms with Gasteiger partial charge in [0, 0.05) is 26.6 Å². The minimum Gasteiger partial charge on any atom is -0.359 e. The van der Waals surface area contributed by atoms with E-state index in [2.05, 4.69) is 5.32 Å². The molecule has 1 fully saturated rings. The minimum absolute atomic E-state index is 0.0440. The molecule has 0 spiro atoms. The van der Waals surface area contributed by atoms with Gasteiger partial charge in [0.25, 0.3) is 0 Å². The number of nitrogens with one attached hydrogen (secondary N) is 1. The van der Waals surface area contributed by atoms with Gasteiger partial charge in [-0.05, 0) is 30.5 Å². The number of amides is 1. The van der Waals surface area contributed by atoms with E-state index in [-0.39, 0.29) is 21.7 Å². The van der Waals surface area contributed by atoms with E-state index in [1.54, 1.807) is 7.05 Å². The zero-order valence-corrected chi connectivity index (χ0v) is 13.8. The van der Waals surface area contributed by atoms with Crippen molar-refractivity contribution in [3.8, 4) is 0 Å². The maximum Gasteiger partial charge on any atom is 0.243 e. The summed E-state index contributed by atoms with van der Waals surface area (Å²) in [6, 6.07) is 4.26. The van der Waals surface area contributed by atoms with Crippen molar-refractivity contribution in [1.29, 1.82) is 0 Å². The van der Waals surface area contributed by atoms with Gasteiger partial charge in [-0.25, -0.2) is 8.42 Å². The lowest BCUT2D eigenvalue weighted by Crippen LogP contribution is -2.30. The van der Waals surface area contributed by atoms with Gasteiger partial charge in [0.2, 0.25) is 15.9 Å². The maximum absolute atomic E-state index is 12.5. The van der Waals surface area contributed by atoms with Crippen LogP contribution in [-0.2, 0) is 14.8 Å². The van der Waals surface area contributed by atoms with E-state index in [0.717, 1.165) is 0 Å². The summed E-state index contributed by atoms with van der Waals surface area (Å²) in [5, 5.41) is 3.07. The van der Waals surface area contributed by atoms with E-state index < -0.39 is 10.0 Å². The van der Waals surface area contributed by atoms with Crippen LogP contribution in [0.3, 0.4) is 0 Å². The van der Waals surface area contributed by atoms with Crippen LogP contribution in [0.2, 0.25) is 10.0 Å². The van der Waals surface area contributed by atoms with Gasteiger partial charge >= 0.3 is 0 Å². The summed E-state index contributed by atoms with van der Waals surface area (Å²) in [5.74, 6) is -0.0312. The highest BCUT2D eigenvalue weighted by atomic mass is 35.5. The Morgan fingerprint density at radius 2 is 2.10 bits per heavy atom. The first-order valence-electron chi connectivity index (χ1n) is 6.50. The molecule has 1 unspecified atom stereocenters. The van der Waals surface area contributed by atoms with Crippen LogP contribution < -0.4 is 5.32 Å². The molecule has 0 aromatic heterocycles. The van der Waals surface area contributed by atoms with Gasteiger partial charge in [-0.3, -0.25) is 4.79 Å². The van der Waals surface area contributed by atoms with Crippen LogP contribution in [0, 0.1) is 5.92 Å². The van der Waals surface area contributed by atoms with Gasteiger partial charge in [-0.15, -0.1) is 0 Å². The third-order valence-corrected chi connectivity index (χ3v) is 6.13. The first-order chi connectivity index (χ1) is 9.84. The smallest absolute Gasteiger partial charge is 0.243 e. The van der Waals surface area contributed by atoms with E-state index in [9.17, 15) is 13.2 Å². The van der Waals surface area contributed by atoms with Crippen LogP contribution in [0.1, 0.15) is 12.8 Å². The molecule has 0 aliphatic carbocycles. The number of sulfonamides is 1. The Labute approximate surface area is 134 Å². The second kappa shape index (κ2) is 6.52. The highest BCUT2D eigenvalue weighted by molar-refractivity contribution is 7.89. The van der Waals surface area contributed by atoms with E-state index >= 15 is 0 Å². The lowest BCUT2D eigenvalue weighted by Gasteiger charge is -2.17. The van der Waals surface area contributed by atoms with Gasteiger partial charge < -0.3 is 5.32 Å². The van der Waals surface area contributed by atoms with E-state index in [1.807, 2.05) is 0 Å². The van der Waals surface area contributed by atoms with Crippen molar-refractivity contribution in [2.75, 3.05) is 20.1 Å². The molecule has 116 valence electrons. The lowest BCUT2D eigenvalue weighted by molar-refractivity contribution is -0.121. The van der Waals surface area contributed by atoms with Gasteiger partial charge in [0.05, 0.1) is 14.9 Å². The Morgan fingerprint density at radius 3 is 2.71 bits per heavy atom. The summed E-state index contributed by atoms with van der Waals surface area (Å²) in [4.78, 5) is 11.5. The molecular formula is C13H16Cl2N2O3S. The molecule has 5 nitrogen and oxygen atoms in total. The van der Waals surface area contributed by atoms with Crippen LogP contribution in [0.15, 0.2) is 23.1 Å². The molecule has 1 N–H and O–H groups in total. The number of halogens is 2. The van der Waals surface area contributed by atoms with Crippen LogP contribution >= 0.6 is 23.2 Å². The fourth-order valence-electron chi connectivity index (χ4n) is 2.33. The molecule has 0 radical (unpaired) electrons. The Kier molecular flexibility index (Phi) is 5.14. The average Bonchev–Trinajstić information content (AvgIpc) is 2.90. The summed E-state index contributed by atoms with van der Waals surface area (Å²) in [6.45, 7) is 0.750. The van der Waals surface area contributed by atoms with Crippen LogP contribution in [0.4, 0.5) is 0 Å². The minimum atomic E-state index is -3.59. The topological polar surface area (TPSA) is 66.5 Å². The van der Waals surface area contributed by atoms with E-state index in [4.69, 9.17) is 23.2 Å². The quantitative estimate of drug-likeness (QED) is 0.904. The van der Waals surface area contributed by atoms with Crippen molar-refractivity contribution >= 4 is 39.1 Å². The Morgan fingerprint density at radius 1 is 1.38 bits per heavy atom. The standard InChI is InChI=1S/C13H16Cl2N2O3S/c1-16-13(18)6-9-4-5-17(8-9)21(19,20)10-2-3-11(14)12(15)7-10/h2-3,7,9H,4-6,8H2,1H3,(H,16,18). The zero-order chi connectivity index (χ0) is 15.6. The number of carbonyl (C=O) groups is 1. The fraction of sp³-hybridized carbons (Fsp3) is 0.462. The number of nitrogens with zero attached hydrogens (tertiary/aromatic N) is 1. The monoisotopic (exact) mass is 350 g/mol. The molecule has 2 rings (SSSR count). The number of hydrogen-bond acceptors (Lipinski definition) is 3. The fourth-order valence-corrected chi connectivity index (χ4v) is 4.25. The normalized spacial score (nSPS) is 19.7. The molecule has 1 aliphatic rings. The highest BCUT2D eigenvalue weighted by Crippen LogP contribution is 2.29. The third kappa shape index (κ3) is 3.69. The van der Waals surface area contributed by atoms with Crippen LogP contribution in [0.25, 0.3) is 0 Å². The molecule has 21 heavy (non-hydrogen) atoms. The van der Waals surface area contributed by atoms with Gasteiger partial charge in [-0.1, -0.05) is 23.2 Å². The summed E-state index contributed by atoms with van der Waals surface area (Å²) in [7, 11) is -2.02. The lowest BCUT2D eigenvalue weighted by atomic mass is 10.1. The summed E-state index contributed by atoms with van der Waals surface area (Å²) in [5.41, 5.74) is 0. The van der Waals surface area contributed by atoms with Crippen molar-refractivity contribution in [2.24, 2.45) is 5.92 Å². The third-order valence-electron chi connectivity index (χ3n) is 3.53. The molecule has 0 bridgehead atoms. The molecule has 1 amide bonds. The number of carbonyl (C=O) groups excluding carboxylic acids is 1. The van der Waals surface area contributed by atoms with Crippen molar-refractivity contribution in [1.82, 2.24) is 9.62 Å². The highest BCUT2D eigenvalue weighted by Gasteiger charge is 2.33. The van der Waals surface area contributed by atoms with E-state index in [1.165, 1.54) is 22.5 Å². The van der Waals surface area contributed by atoms with Gasteiger partial charge in [0.1, 0.15) is 0 Å². The predicted octanol–water partition coefficient (Wildman–Crippen LogP) is 2.14. The number of rotatable bonds is 4. The van der Waals surface area contributed by atoms with Gasteiger partial charge in [0.15, 0.2) is 0 Å². The predicted molar refractivity (Wildman–Crippen MR) is 82.0 cm³/mol. The van der Waals surface area contributed by atoms with Crippen molar-refractivity contribution < 1.29 is 13.2 Å². The summed E-state index contributed by atoms with van der Waals surface area (Å²) < 4.78 is 26.4. The van der Waals surface area contributed by atoms with Crippen LogP contribution in [-0.4, -0.2) is 38.8 Å². The van der Waals surface area contributed by atoms with Crippen LogP contribution in [0.5, 0.6) is 0 Å². The second-order valence-corrected chi connectivity index (χ2v) is 7.72. The van der Waals surface area contributed by atoms with Crippen molar-refractivity contribution in [3.63, 3.8) is 0 Å². The SMILES string of the molecule is CNC(=O)CC1CCN(S(=O)(=O)c2ccc(Cl)c(Cl)c2)C1. The molecule has 1 aliphatic heterocycles. The Bertz CT molecular complexity index is 649. The molecule has 1 saturated heterocycles. The molecule has 1 heterocycles. The molecule has 1 aromatic carbocycles. The number of benzene rings is 1. The first-order valence-corrected chi connectivity index (χ1v) is 8.70. The second-order valence-electron chi connectivity index (χ2n) is 4.97. The first kappa shape index (κ1) is 16.5. The Balaban J connectivity index is 2.14. The molecule has 8 heteroatoms. The van der Waals surface area contributed by atoms with Crippen molar-refractivity contribution in [2.45, 2.75) is 17.7 Å². The zero-order valence-electron chi connectivity index (χ0n) is 11.5. The molecular weight excluding hydrogens is 335 g/mol. The molecule has 0 saturated carbocycles. The summed E-state index contributed by atoms with van der Waals surface area (Å²) in [6.07, 6.45) is 1.01. The van der Waals surface area contributed by atoms with Crippen molar-refractivity contribution in [3.05, 3.63) is 28.2 Å². The van der Waals surface area contributed by atoms with Gasteiger partial charge in [-0.2, -0.15) is 4.31 Å². The summed E-state index contributed by atoms with van der Waals surface area (Å²) >= 11 is 11.7.